The van der Waals surface area contributed by atoms with Crippen molar-refractivity contribution in [3.05, 3.63) is 29.3 Å². The van der Waals surface area contributed by atoms with Gasteiger partial charge in [0.05, 0.1) is 17.5 Å². The standard InChI is InChI=1S/C19H21ClN4O/c20-13-2-1-3-14(6-13)23-9-12-8-19(12,10-23)18(25)22-16-7-15-4-5-17(16)24(15)11-21/h1-3,6,12,15-17H,4-5,7-10H2,(H,22,25)/t12?,15-,16+,17+,19?/m0/s1. The minimum Gasteiger partial charge on any atom is -0.370 e. The third kappa shape index (κ3) is 2.23. The quantitative estimate of drug-likeness (QED) is 0.845. The van der Waals surface area contributed by atoms with Crippen molar-refractivity contribution in [2.75, 3.05) is 18.0 Å². The first kappa shape index (κ1) is 15.3. The van der Waals surface area contributed by atoms with Gasteiger partial charge in [-0.2, -0.15) is 5.26 Å². The van der Waals surface area contributed by atoms with Gasteiger partial charge in [-0.25, -0.2) is 0 Å². The van der Waals surface area contributed by atoms with Gasteiger partial charge in [0, 0.05) is 29.8 Å². The third-order valence-corrected chi connectivity index (χ3v) is 6.98. The number of amides is 1. The number of rotatable bonds is 3. The summed E-state index contributed by atoms with van der Waals surface area (Å²) in [5.41, 5.74) is 0.865. The van der Waals surface area contributed by atoms with E-state index in [1.54, 1.807) is 0 Å². The monoisotopic (exact) mass is 356 g/mol. The Kier molecular flexibility index (Phi) is 3.24. The van der Waals surface area contributed by atoms with Crippen LogP contribution in [0.5, 0.6) is 0 Å². The van der Waals surface area contributed by atoms with Gasteiger partial charge in [0.1, 0.15) is 0 Å². The average molecular weight is 357 g/mol. The van der Waals surface area contributed by atoms with Gasteiger partial charge in [-0.1, -0.05) is 17.7 Å². The molecule has 25 heavy (non-hydrogen) atoms. The molecule has 4 fully saturated rings. The molecule has 5 atom stereocenters. The highest BCUT2D eigenvalue weighted by Crippen LogP contribution is 2.58. The molecule has 1 amide bonds. The Morgan fingerprint density at radius 1 is 1.40 bits per heavy atom. The van der Waals surface area contributed by atoms with E-state index in [9.17, 15) is 10.1 Å². The molecule has 2 bridgehead atoms. The summed E-state index contributed by atoms with van der Waals surface area (Å²) in [6.07, 6.45) is 6.32. The van der Waals surface area contributed by atoms with Crippen LogP contribution in [0.15, 0.2) is 24.3 Å². The number of halogens is 1. The molecule has 4 aliphatic rings. The Labute approximate surface area is 152 Å². The lowest BCUT2D eigenvalue weighted by Gasteiger charge is -2.26. The number of nitriles is 1. The fraction of sp³-hybridized carbons (Fsp3) is 0.579. The number of nitrogens with one attached hydrogen (secondary N) is 1. The first-order chi connectivity index (χ1) is 12.1. The summed E-state index contributed by atoms with van der Waals surface area (Å²) in [5, 5.41) is 13.3. The van der Waals surface area contributed by atoms with Crippen molar-refractivity contribution in [3.63, 3.8) is 0 Å². The Morgan fingerprint density at radius 3 is 3.04 bits per heavy atom. The molecular weight excluding hydrogens is 336 g/mol. The summed E-state index contributed by atoms with van der Waals surface area (Å²) >= 11 is 6.11. The third-order valence-electron chi connectivity index (χ3n) is 6.74. The van der Waals surface area contributed by atoms with Gasteiger partial charge < -0.3 is 15.1 Å². The van der Waals surface area contributed by atoms with Gasteiger partial charge in [-0.15, -0.1) is 0 Å². The minimum atomic E-state index is -0.234. The fourth-order valence-electron chi connectivity index (χ4n) is 5.32. The van der Waals surface area contributed by atoms with Crippen molar-refractivity contribution in [2.24, 2.45) is 11.3 Å². The summed E-state index contributed by atoms with van der Waals surface area (Å²) in [5.74, 6) is 0.634. The van der Waals surface area contributed by atoms with Crippen LogP contribution in [0.2, 0.25) is 5.02 Å². The van der Waals surface area contributed by atoms with Crippen LogP contribution in [0.4, 0.5) is 5.69 Å². The maximum atomic E-state index is 13.0. The molecule has 6 heteroatoms. The zero-order valence-corrected chi connectivity index (χ0v) is 14.7. The molecule has 0 aromatic heterocycles. The van der Waals surface area contributed by atoms with Gasteiger partial charge >= 0.3 is 0 Å². The van der Waals surface area contributed by atoms with E-state index in [1.807, 2.05) is 23.1 Å². The lowest BCUT2D eigenvalue weighted by Crippen LogP contribution is -2.47. The first-order valence-corrected chi connectivity index (χ1v) is 9.48. The number of carbonyl (C=O) groups excluding carboxylic acids is 1. The van der Waals surface area contributed by atoms with Crippen LogP contribution >= 0.6 is 11.6 Å². The largest absolute Gasteiger partial charge is 0.370 e. The Morgan fingerprint density at radius 2 is 2.28 bits per heavy atom. The summed E-state index contributed by atoms with van der Waals surface area (Å²) in [6.45, 7) is 1.70. The van der Waals surface area contributed by atoms with Gasteiger partial charge in [0.2, 0.25) is 5.91 Å². The van der Waals surface area contributed by atoms with E-state index in [0.29, 0.717) is 12.0 Å². The van der Waals surface area contributed by atoms with E-state index >= 15 is 0 Å². The molecule has 2 unspecified atom stereocenters. The Balaban J connectivity index is 1.27. The molecule has 1 aliphatic carbocycles. The highest BCUT2D eigenvalue weighted by molar-refractivity contribution is 6.30. The Bertz CT molecular complexity index is 777. The molecule has 5 rings (SSSR count). The number of nitrogens with zero attached hydrogens (tertiary/aromatic N) is 3. The predicted octanol–water partition coefficient (Wildman–Crippen LogP) is 2.37. The fourth-order valence-corrected chi connectivity index (χ4v) is 5.50. The smallest absolute Gasteiger partial charge is 0.228 e. The molecule has 3 heterocycles. The highest BCUT2D eigenvalue weighted by atomic mass is 35.5. The van der Waals surface area contributed by atoms with Crippen LogP contribution < -0.4 is 10.2 Å². The van der Waals surface area contributed by atoms with Crippen LogP contribution in [-0.2, 0) is 4.79 Å². The Hall–Kier alpha value is -1.93. The number of fused-ring (bicyclic) bond motifs is 3. The molecule has 1 N–H and O–H groups in total. The lowest BCUT2D eigenvalue weighted by molar-refractivity contribution is -0.127. The summed E-state index contributed by atoms with van der Waals surface area (Å²) < 4.78 is 0. The summed E-state index contributed by atoms with van der Waals surface area (Å²) in [7, 11) is 0. The van der Waals surface area contributed by atoms with Crippen molar-refractivity contribution in [1.29, 1.82) is 5.26 Å². The molecular formula is C19H21ClN4O. The second-order valence-electron chi connectivity index (χ2n) is 8.04. The zero-order valence-electron chi connectivity index (χ0n) is 14.0. The predicted molar refractivity (Wildman–Crippen MR) is 95.0 cm³/mol. The lowest BCUT2D eigenvalue weighted by atomic mass is 9.94. The van der Waals surface area contributed by atoms with Crippen molar-refractivity contribution < 1.29 is 4.79 Å². The van der Waals surface area contributed by atoms with Crippen molar-refractivity contribution in [2.45, 2.75) is 43.8 Å². The molecule has 1 saturated carbocycles. The van der Waals surface area contributed by atoms with Crippen LogP contribution in [0.1, 0.15) is 25.7 Å². The maximum Gasteiger partial charge on any atom is 0.228 e. The number of anilines is 1. The second kappa shape index (κ2) is 5.28. The molecule has 0 spiro atoms. The van der Waals surface area contributed by atoms with Crippen LogP contribution in [0.25, 0.3) is 0 Å². The average Bonchev–Trinajstić information content (AvgIpc) is 2.93. The minimum absolute atomic E-state index is 0.141. The molecule has 3 saturated heterocycles. The second-order valence-corrected chi connectivity index (χ2v) is 8.48. The van der Waals surface area contributed by atoms with Crippen LogP contribution in [-0.4, -0.2) is 42.0 Å². The zero-order chi connectivity index (χ0) is 17.2. The molecule has 130 valence electrons. The number of piperidine rings is 1. The highest BCUT2D eigenvalue weighted by Gasteiger charge is 2.65. The van der Waals surface area contributed by atoms with E-state index in [4.69, 9.17) is 11.6 Å². The summed E-state index contributed by atoms with van der Waals surface area (Å²) in [6, 6.07) is 8.54. The van der Waals surface area contributed by atoms with Gasteiger partial charge in [-0.3, -0.25) is 4.79 Å². The van der Waals surface area contributed by atoms with Gasteiger partial charge in [-0.05, 0) is 49.8 Å². The summed E-state index contributed by atoms with van der Waals surface area (Å²) in [4.78, 5) is 17.2. The molecule has 1 aromatic carbocycles. The maximum absolute atomic E-state index is 13.0. The van der Waals surface area contributed by atoms with Crippen LogP contribution in [0.3, 0.4) is 0 Å². The van der Waals surface area contributed by atoms with Gasteiger partial charge in [0.25, 0.3) is 0 Å². The van der Waals surface area contributed by atoms with Crippen LogP contribution in [0, 0.1) is 22.8 Å². The normalized spacial score (nSPS) is 37.8. The number of benzene rings is 1. The van der Waals surface area contributed by atoms with E-state index in [-0.39, 0.29) is 23.4 Å². The van der Waals surface area contributed by atoms with Gasteiger partial charge in [0.15, 0.2) is 6.19 Å². The van der Waals surface area contributed by atoms with E-state index < -0.39 is 0 Å². The van der Waals surface area contributed by atoms with Crippen molar-refractivity contribution in [1.82, 2.24) is 10.2 Å². The molecule has 0 radical (unpaired) electrons. The topological polar surface area (TPSA) is 59.4 Å². The van der Waals surface area contributed by atoms with E-state index in [0.717, 1.165) is 49.5 Å². The SMILES string of the molecule is N#CN1[C@H]2CC[C@@H]1[C@H](NC(=O)C13CC1CN(c1cccc(Cl)c1)C3)C2. The first-order valence-electron chi connectivity index (χ1n) is 9.10. The molecule has 1 aromatic rings. The number of hydrogen-bond acceptors (Lipinski definition) is 4. The van der Waals surface area contributed by atoms with Crippen molar-refractivity contribution >= 4 is 23.2 Å². The molecule has 3 aliphatic heterocycles. The number of hydrogen-bond donors (Lipinski definition) is 1. The van der Waals surface area contributed by atoms with E-state index in [2.05, 4.69) is 22.5 Å². The van der Waals surface area contributed by atoms with Crippen molar-refractivity contribution in [3.8, 4) is 6.19 Å². The molecule has 5 nitrogen and oxygen atoms in total. The number of carbonyl (C=O) groups is 1. The van der Waals surface area contributed by atoms with E-state index in [1.165, 1.54) is 0 Å².